The molecule has 5 heteroatoms. The molecule has 0 aliphatic rings. The van der Waals surface area contributed by atoms with Gasteiger partial charge in [0.05, 0.1) is 19.8 Å². The Hall–Kier alpha value is -1.92. The monoisotopic (exact) mass is 247 g/mol. The number of hydrogen-bond donors (Lipinski definition) is 0. The normalized spacial score (nSPS) is 8.78. The van der Waals surface area contributed by atoms with E-state index in [1.54, 1.807) is 0 Å². The Morgan fingerprint density at radius 3 is 2.56 bits per heavy atom. The molecule has 0 saturated carbocycles. The second kappa shape index (κ2) is 10.2. The third-order valence-electron chi connectivity index (χ3n) is 2.75. The van der Waals surface area contributed by atoms with Crippen molar-refractivity contribution in [2.45, 2.75) is 46.1 Å². The zero-order valence-electron chi connectivity index (χ0n) is 11.4. The zero-order valence-corrected chi connectivity index (χ0v) is 11.4. The lowest BCUT2D eigenvalue weighted by atomic mass is 10.2. The van der Waals surface area contributed by atoms with Crippen molar-refractivity contribution in [2.24, 2.45) is 12.0 Å². The number of aliphatic imine (C=N–C) groups is 1. The van der Waals surface area contributed by atoms with E-state index in [-0.39, 0.29) is 0 Å². The van der Waals surface area contributed by atoms with Crippen molar-refractivity contribution in [1.29, 1.82) is 5.26 Å². The fourth-order valence-corrected chi connectivity index (χ4v) is 1.57. The molecule has 0 fully saturated rings. The number of nitrogens with zero attached hydrogens (tertiary/aromatic N) is 5. The van der Waals surface area contributed by atoms with Crippen LogP contribution in [-0.2, 0) is 13.6 Å². The van der Waals surface area contributed by atoms with Gasteiger partial charge >= 0.3 is 0 Å². The van der Waals surface area contributed by atoms with E-state index in [0.29, 0.717) is 0 Å². The molecule has 0 radical (unpaired) electrons. The van der Waals surface area contributed by atoms with E-state index < -0.39 is 0 Å². The van der Waals surface area contributed by atoms with Gasteiger partial charge < -0.3 is 10.4 Å². The molecule has 5 nitrogen and oxygen atoms in total. The van der Waals surface area contributed by atoms with Gasteiger partial charge in [0.15, 0.2) is 0 Å². The van der Waals surface area contributed by atoms with Crippen molar-refractivity contribution < 1.29 is 4.57 Å². The summed E-state index contributed by atoms with van der Waals surface area (Å²) >= 11 is 0. The fourth-order valence-electron chi connectivity index (χ4n) is 1.57. The SMILES string of the molecule is CCCCCCn1cc[n+](C)c1C.N#CN=C=[N-]. The van der Waals surface area contributed by atoms with Gasteiger partial charge in [-0.25, -0.2) is 9.13 Å². The molecule has 0 bridgehead atoms. The first-order valence-corrected chi connectivity index (χ1v) is 6.16. The summed E-state index contributed by atoms with van der Waals surface area (Å²) in [6, 6.07) is 1.28. The molecule has 1 rings (SSSR count). The summed E-state index contributed by atoms with van der Waals surface area (Å²) in [4.78, 5) is 2.58. The van der Waals surface area contributed by atoms with E-state index in [2.05, 4.69) is 47.4 Å². The smallest absolute Gasteiger partial charge is 0.253 e. The Morgan fingerprint density at radius 2 is 2.17 bits per heavy atom. The quantitative estimate of drug-likeness (QED) is 0.341. The van der Waals surface area contributed by atoms with Gasteiger partial charge in [-0.3, -0.25) is 0 Å². The van der Waals surface area contributed by atoms with Crippen molar-refractivity contribution in [1.82, 2.24) is 4.57 Å². The Bertz CT molecular complexity index is 421. The summed E-state index contributed by atoms with van der Waals surface area (Å²) in [6.45, 7) is 5.59. The first kappa shape index (κ1) is 16.1. The van der Waals surface area contributed by atoms with E-state index >= 15 is 0 Å². The van der Waals surface area contributed by atoms with Crippen LogP contribution in [0.1, 0.15) is 38.4 Å². The summed E-state index contributed by atoms with van der Waals surface area (Å²) in [5.74, 6) is 1.34. The highest BCUT2D eigenvalue weighted by molar-refractivity contribution is 5.46. The average molecular weight is 247 g/mol. The molecular formula is C13H21N5. The number of nitriles is 1. The topological polar surface area (TPSA) is 67.3 Å². The van der Waals surface area contributed by atoms with E-state index in [1.165, 1.54) is 50.3 Å². The maximum absolute atomic E-state index is 7.43. The van der Waals surface area contributed by atoms with Gasteiger partial charge in [-0.1, -0.05) is 19.8 Å². The summed E-state index contributed by atoms with van der Waals surface area (Å²) in [7, 11) is 2.10. The van der Waals surface area contributed by atoms with Gasteiger partial charge in [-0.05, 0) is 12.8 Å². The highest BCUT2D eigenvalue weighted by Gasteiger charge is 2.06. The summed E-state index contributed by atoms with van der Waals surface area (Å²) in [6.07, 6.45) is 10.9. The highest BCUT2D eigenvalue weighted by atomic mass is 15.1. The predicted octanol–water partition coefficient (Wildman–Crippen LogP) is 2.41. The van der Waals surface area contributed by atoms with Gasteiger partial charge in [0.2, 0.25) is 0 Å². The van der Waals surface area contributed by atoms with E-state index in [9.17, 15) is 0 Å². The van der Waals surface area contributed by atoms with Crippen LogP contribution in [0.15, 0.2) is 17.4 Å². The summed E-state index contributed by atoms with van der Waals surface area (Å²) in [5, 5.41) is 14.9. The molecular weight excluding hydrogens is 226 g/mol. The van der Waals surface area contributed by atoms with Crippen LogP contribution in [0.3, 0.4) is 0 Å². The van der Waals surface area contributed by atoms with Crippen LogP contribution in [0.25, 0.3) is 5.41 Å². The van der Waals surface area contributed by atoms with E-state index in [4.69, 9.17) is 10.7 Å². The Labute approximate surface area is 109 Å². The molecule has 0 spiro atoms. The highest BCUT2D eigenvalue weighted by Crippen LogP contribution is 2.02. The number of aryl methyl sites for hydroxylation is 2. The Morgan fingerprint density at radius 1 is 1.44 bits per heavy atom. The third-order valence-corrected chi connectivity index (χ3v) is 2.75. The second-order valence-corrected chi connectivity index (χ2v) is 4.02. The van der Waals surface area contributed by atoms with Crippen LogP contribution in [-0.4, -0.2) is 10.6 Å². The molecule has 0 amide bonds. The minimum atomic E-state index is 1.17. The first-order valence-electron chi connectivity index (χ1n) is 6.16. The molecule has 1 aromatic rings. The van der Waals surface area contributed by atoms with Crippen LogP contribution < -0.4 is 4.57 Å². The van der Waals surface area contributed by atoms with Gasteiger partial charge in [0.1, 0.15) is 12.4 Å². The third kappa shape index (κ3) is 6.62. The molecule has 18 heavy (non-hydrogen) atoms. The van der Waals surface area contributed by atoms with Crippen LogP contribution in [0, 0.1) is 18.4 Å². The largest absolute Gasteiger partial charge is 0.422 e. The van der Waals surface area contributed by atoms with Crippen molar-refractivity contribution in [3.63, 3.8) is 0 Å². The number of aromatic nitrogens is 2. The molecule has 0 unspecified atom stereocenters. The van der Waals surface area contributed by atoms with E-state index in [0.717, 1.165) is 0 Å². The molecule has 0 aromatic carbocycles. The van der Waals surface area contributed by atoms with Gasteiger partial charge in [0.25, 0.3) is 5.82 Å². The maximum atomic E-state index is 7.43. The fraction of sp³-hybridized carbons (Fsp3) is 0.615. The summed E-state index contributed by atoms with van der Waals surface area (Å²) in [5.41, 5.74) is 0. The van der Waals surface area contributed by atoms with Gasteiger partial charge in [-0.15, -0.1) is 6.01 Å². The van der Waals surface area contributed by atoms with Crippen LogP contribution >= 0.6 is 0 Å². The minimum absolute atomic E-state index is 1.17. The molecule has 0 atom stereocenters. The van der Waals surface area contributed by atoms with Crippen LogP contribution in [0.2, 0.25) is 0 Å². The van der Waals surface area contributed by atoms with Crippen molar-refractivity contribution in [3.05, 3.63) is 23.6 Å². The van der Waals surface area contributed by atoms with E-state index in [1.807, 2.05) is 0 Å². The lowest BCUT2D eigenvalue weighted by Crippen LogP contribution is -2.29. The lowest BCUT2D eigenvalue weighted by molar-refractivity contribution is -0.677. The van der Waals surface area contributed by atoms with Crippen molar-refractivity contribution >= 4 is 6.01 Å². The number of imidazole rings is 1. The number of hydrogen-bond acceptors (Lipinski definition) is 2. The van der Waals surface area contributed by atoms with Gasteiger partial charge in [-0.2, -0.15) is 5.26 Å². The molecule has 1 aromatic heterocycles. The maximum Gasteiger partial charge on any atom is 0.253 e. The molecule has 0 aliphatic carbocycles. The van der Waals surface area contributed by atoms with Crippen LogP contribution in [0.4, 0.5) is 0 Å². The first-order chi connectivity index (χ1) is 8.67. The van der Waals surface area contributed by atoms with Gasteiger partial charge in [0, 0.05) is 6.92 Å². The molecule has 1 heterocycles. The van der Waals surface area contributed by atoms with Crippen molar-refractivity contribution in [3.8, 4) is 6.19 Å². The van der Waals surface area contributed by atoms with Crippen molar-refractivity contribution in [2.75, 3.05) is 0 Å². The number of rotatable bonds is 5. The molecule has 0 saturated heterocycles. The Balaban J connectivity index is 0.000000494. The standard InChI is InChI=1S/C11H21N2.C2N3/c1-4-5-6-7-8-13-10-9-12(3)11(13)2;3-1-5-2-4/h9-10H,4-8H2,1-3H3;/q+1;-1. The number of unbranched alkanes of at least 4 members (excludes halogenated alkanes) is 3. The minimum Gasteiger partial charge on any atom is -0.422 e. The molecule has 0 aliphatic heterocycles. The predicted molar refractivity (Wildman–Crippen MR) is 70.9 cm³/mol. The average Bonchev–Trinajstić information content (AvgIpc) is 2.68. The molecule has 0 N–H and O–H groups in total. The zero-order chi connectivity index (χ0) is 13.8. The lowest BCUT2D eigenvalue weighted by Gasteiger charge is -1.98. The molecule has 98 valence electrons. The summed E-state index contributed by atoms with van der Waals surface area (Å²) < 4.78 is 4.50. The Kier molecular flexibility index (Phi) is 9.15. The second-order valence-electron chi connectivity index (χ2n) is 4.02. The van der Waals surface area contributed by atoms with Crippen LogP contribution in [0.5, 0.6) is 0 Å².